The van der Waals surface area contributed by atoms with E-state index in [0.29, 0.717) is 16.7 Å². The molecule has 2 amide bonds. The number of nitrogens with one attached hydrogen (secondary N) is 1. The third-order valence-electron chi connectivity index (χ3n) is 4.64. The van der Waals surface area contributed by atoms with Crippen LogP contribution in [-0.2, 0) is 11.3 Å². The van der Waals surface area contributed by atoms with Gasteiger partial charge in [-0.25, -0.2) is 0 Å². The minimum absolute atomic E-state index is 0.0118. The van der Waals surface area contributed by atoms with Crippen molar-refractivity contribution >= 4 is 11.8 Å². The van der Waals surface area contributed by atoms with Crippen LogP contribution in [0.25, 0.3) is 0 Å². The van der Waals surface area contributed by atoms with Crippen LogP contribution < -0.4 is 5.32 Å². The third kappa shape index (κ3) is 4.33. The molecule has 0 spiro atoms. The Hall–Kier alpha value is -2.87. The topological polar surface area (TPSA) is 69.6 Å². The van der Waals surface area contributed by atoms with Crippen LogP contribution in [0.3, 0.4) is 0 Å². The lowest BCUT2D eigenvalue weighted by Crippen LogP contribution is -2.48. The van der Waals surface area contributed by atoms with Gasteiger partial charge in [-0.2, -0.15) is 13.2 Å². The second-order valence-electron chi connectivity index (χ2n) is 6.61. The highest BCUT2D eigenvalue weighted by Gasteiger charge is 2.41. The van der Waals surface area contributed by atoms with E-state index >= 15 is 0 Å². The highest BCUT2D eigenvalue weighted by molar-refractivity contribution is 6.00. The number of aliphatic hydroxyl groups is 1. The molecule has 0 aliphatic carbocycles. The van der Waals surface area contributed by atoms with E-state index in [1.807, 2.05) is 0 Å². The molecule has 2 aromatic rings. The number of fused-ring (bicyclic) bond motifs is 1. The smallest absolute Gasteiger partial charge is 0.382 e. The van der Waals surface area contributed by atoms with Gasteiger partial charge >= 0.3 is 6.18 Å². The maximum Gasteiger partial charge on any atom is 0.416 e. The van der Waals surface area contributed by atoms with E-state index in [0.717, 1.165) is 4.90 Å². The Morgan fingerprint density at radius 2 is 1.79 bits per heavy atom. The Kier molecular flexibility index (Phi) is 5.69. The second-order valence-corrected chi connectivity index (χ2v) is 6.61. The van der Waals surface area contributed by atoms with Crippen LogP contribution in [-0.4, -0.2) is 47.2 Å². The van der Waals surface area contributed by atoms with Gasteiger partial charge in [-0.05, 0) is 17.2 Å². The fourth-order valence-corrected chi connectivity index (χ4v) is 3.20. The Balaban J connectivity index is 1.90. The first kappa shape index (κ1) is 19.9. The molecule has 0 aromatic heterocycles. The number of carbonyl (C=O) groups is 2. The zero-order chi connectivity index (χ0) is 20.3. The Bertz CT molecular complexity index is 855. The molecule has 28 heavy (non-hydrogen) atoms. The molecule has 2 N–H and O–H groups in total. The van der Waals surface area contributed by atoms with Gasteiger partial charge < -0.3 is 15.3 Å². The molecular formula is C20H19F3N2O3. The molecule has 0 saturated carbocycles. The van der Waals surface area contributed by atoms with Gasteiger partial charge in [0, 0.05) is 18.7 Å². The molecule has 148 valence electrons. The van der Waals surface area contributed by atoms with Crippen molar-refractivity contribution in [2.75, 3.05) is 13.1 Å². The molecule has 8 heteroatoms. The molecule has 1 aliphatic rings. The van der Waals surface area contributed by atoms with E-state index in [9.17, 15) is 27.9 Å². The summed E-state index contributed by atoms with van der Waals surface area (Å²) in [6.07, 6.45) is -7.50. The largest absolute Gasteiger partial charge is 0.416 e. The highest BCUT2D eigenvalue weighted by atomic mass is 19.4. The first-order valence-electron chi connectivity index (χ1n) is 8.72. The average molecular weight is 392 g/mol. The molecule has 2 aromatic carbocycles. The molecule has 0 fully saturated rings. The van der Waals surface area contributed by atoms with Gasteiger partial charge in [0.05, 0.1) is 12.5 Å². The van der Waals surface area contributed by atoms with Crippen molar-refractivity contribution in [1.82, 2.24) is 10.2 Å². The summed E-state index contributed by atoms with van der Waals surface area (Å²) < 4.78 is 38.7. The number of amides is 2. The van der Waals surface area contributed by atoms with Gasteiger partial charge in [0.25, 0.3) is 5.91 Å². The number of aliphatic hydroxyl groups excluding tert-OH is 1. The predicted molar refractivity (Wildman–Crippen MR) is 95.4 cm³/mol. The Labute approximate surface area is 159 Å². The fraction of sp³-hybridized carbons (Fsp3) is 0.300. The Morgan fingerprint density at radius 1 is 1.14 bits per heavy atom. The molecule has 5 nitrogen and oxygen atoms in total. The van der Waals surface area contributed by atoms with Crippen molar-refractivity contribution in [2.45, 2.75) is 24.7 Å². The van der Waals surface area contributed by atoms with Gasteiger partial charge in [-0.15, -0.1) is 0 Å². The van der Waals surface area contributed by atoms with Crippen LogP contribution in [0, 0.1) is 0 Å². The van der Waals surface area contributed by atoms with Crippen molar-refractivity contribution in [1.29, 1.82) is 0 Å². The predicted octanol–water partition coefficient (Wildman–Crippen LogP) is 2.47. The van der Waals surface area contributed by atoms with Crippen molar-refractivity contribution in [3.63, 3.8) is 0 Å². The number of halogens is 3. The lowest BCUT2D eigenvalue weighted by atomic mass is 9.89. The van der Waals surface area contributed by atoms with Crippen molar-refractivity contribution in [3.05, 3.63) is 71.3 Å². The third-order valence-corrected chi connectivity index (χ3v) is 4.64. The molecule has 1 aliphatic heterocycles. The molecule has 0 radical (unpaired) electrons. The highest BCUT2D eigenvalue weighted by Crippen LogP contribution is 2.28. The number of hydrogen-bond acceptors (Lipinski definition) is 3. The standard InChI is InChI=1S/C20H19F3N2O3/c21-20(22,23)17(26)12-25(11-13-6-2-1-3-7-13)19(28)16-10-24-18(27)15-9-5-4-8-14(15)16/h1-9,16-17,26H,10-12H2,(H,24,27). The number of alkyl halides is 3. The number of carbonyl (C=O) groups excluding carboxylic acids is 2. The Morgan fingerprint density at radius 3 is 2.46 bits per heavy atom. The fourth-order valence-electron chi connectivity index (χ4n) is 3.20. The van der Waals surface area contributed by atoms with Crippen molar-refractivity contribution < 1.29 is 27.9 Å². The van der Waals surface area contributed by atoms with E-state index in [-0.39, 0.29) is 19.0 Å². The number of nitrogens with zero attached hydrogens (tertiary/aromatic N) is 1. The number of benzene rings is 2. The van der Waals surface area contributed by atoms with Gasteiger partial charge in [-0.1, -0.05) is 48.5 Å². The van der Waals surface area contributed by atoms with E-state index < -0.39 is 30.7 Å². The van der Waals surface area contributed by atoms with E-state index in [1.54, 1.807) is 54.6 Å². The van der Waals surface area contributed by atoms with Crippen LogP contribution in [0.2, 0.25) is 0 Å². The minimum atomic E-state index is -4.84. The quantitative estimate of drug-likeness (QED) is 0.821. The van der Waals surface area contributed by atoms with E-state index in [4.69, 9.17) is 0 Å². The summed E-state index contributed by atoms with van der Waals surface area (Å²) in [4.78, 5) is 26.1. The summed E-state index contributed by atoms with van der Waals surface area (Å²) >= 11 is 0. The lowest BCUT2D eigenvalue weighted by molar-refractivity contribution is -0.208. The molecular weight excluding hydrogens is 373 g/mol. The van der Waals surface area contributed by atoms with Crippen molar-refractivity contribution in [3.8, 4) is 0 Å². The van der Waals surface area contributed by atoms with Gasteiger partial charge in [0.1, 0.15) is 0 Å². The summed E-state index contributed by atoms with van der Waals surface area (Å²) in [6, 6.07) is 15.1. The van der Waals surface area contributed by atoms with Crippen LogP contribution in [0.1, 0.15) is 27.4 Å². The first-order chi connectivity index (χ1) is 13.3. The maximum absolute atomic E-state index is 13.1. The van der Waals surface area contributed by atoms with Gasteiger partial charge in [0.2, 0.25) is 5.91 Å². The molecule has 3 rings (SSSR count). The summed E-state index contributed by atoms with van der Waals surface area (Å²) in [5, 5.41) is 12.1. The van der Waals surface area contributed by atoms with Crippen LogP contribution in [0.5, 0.6) is 0 Å². The summed E-state index contributed by atoms with van der Waals surface area (Å²) in [5.41, 5.74) is 1.43. The monoisotopic (exact) mass is 392 g/mol. The zero-order valence-electron chi connectivity index (χ0n) is 14.8. The van der Waals surface area contributed by atoms with Crippen molar-refractivity contribution in [2.24, 2.45) is 0 Å². The van der Waals surface area contributed by atoms with Crippen LogP contribution in [0.4, 0.5) is 13.2 Å². The normalized spacial score (nSPS) is 17.4. The SMILES string of the molecule is O=C1NCC(C(=O)N(Cc2ccccc2)CC(O)C(F)(F)F)c2ccccc21. The number of rotatable bonds is 5. The minimum Gasteiger partial charge on any atom is -0.382 e. The average Bonchev–Trinajstić information content (AvgIpc) is 2.67. The lowest BCUT2D eigenvalue weighted by Gasteiger charge is -2.32. The summed E-state index contributed by atoms with van der Waals surface area (Å²) in [6.45, 7) is -0.981. The van der Waals surface area contributed by atoms with Crippen LogP contribution >= 0.6 is 0 Å². The summed E-state index contributed by atoms with van der Waals surface area (Å²) in [7, 11) is 0. The first-order valence-corrected chi connectivity index (χ1v) is 8.72. The van der Waals surface area contributed by atoms with E-state index in [1.165, 1.54) is 0 Å². The number of hydrogen-bond donors (Lipinski definition) is 2. The maximum atomic E-state index is 13.1. The molecule has 2 unspecified atom stereocenters. The van der Waals surface area contributed by atoms with E-state index in [2.05, 4.69) is 5.32 Å². The molecule has 0 bridgehead atoms. The molecule has 1 heterocycles. The molecule has 0 saturated heterocycles. The van der Waals surface area contributed by atoms with Crippen LogP contribution in [0.15, 0.2) is 54.6 Å². The summed E-state index contributed by atoms with van der Waals surface area (Å²) in [5.74, 6) is -1.73. The zero-order valence-corrected chi connectivity index (χ0v) is 14.8. The van der Waals surface area contributed by atoms with Gasteiger partial charge in [-0.3, -0.25) is 9.59 Å². The van der Waals surface area contributed by atoms with Gasteiger partial charge in [0.15, 0.2) is 6.10 Å². The molecule has 2 atom stereocenters. The second kappa shape index (κ2) is 8.02.